The lowest BCUT2D eigenvalue weighted by atomic mass is 10.1. The summed E-state index contributed by atoms with van der Waals surface area (Å²) in [5.41, 5.74) is 0.780. The van der Waals surface area contributed by atoms with Gasteiger partial charge in [-0.2, -0.15) is 5.26 Å². The molecule has 6 nitrogen and oxygen atoms in total. The van der Waals surface area contributed by atoms with Crippen molar-refractivity contribution in [1.82, 2.24) is 0 Å². The normalized spacial score (nSPS) is 11.5. The molecular formula is C15H12N2O4. The number of aliphatic hydroxyl groups is 1. The molecule has 2 aromatic carbocycles. The monoisotopic (exact) mass is 284 g/mol. The number of nitriles is 1. The summed E-state index contributed by atoms with van der Waals surface area (Å²) in [5.74, 6) is 0.561. The molecule has 0 unspecified atom stereocenters. The molecule has 0 amide bonds. The number of nitro benzene ring substituents is 1. The van der Waals surface area contributed by atoms with E-state index in [1.54, 1.807) is 25.1 Å². The smallest absolute Gasteiger partial charge is 0.273 e. The van der Waals surface area contributed by atoms with Crippen molar-refractivity contribution in [3.63, 3.8) is 0 Å². The first kappa shape index (κ1) is 14.5. The number of hydrogen-bond donors (Lipinski definition) is 1. The van der Waals surface area contributed by atoms with E-state index in [0.29, 0.717) is 16.9 Å². The first-order valence-electron chi connectivity index (χ1n) is 6.15. The van der Waals surface area contributed by atoms with E-state index in [2.05, 4.69) is 0 Å². The molecule has 1 N–H and O–H groups in total. The van der Waals surface area contributed by atoms with Crippen LogP contribution in [0.3, 0.4) is 0 Å². The van der Waals surface area contributed by atoms with Crippen molar-refractivity contribution < 1.29 is 14.8 Å². The lowest BCUT2D eigenvalue weighted by molar-refractivity contribution is -0.384. The van der Waals surface area contributed by atoms with Gasteiger partial charge in [0.1, 0.15) is 11.5 Å². The molecule has 2 aromatic rings. The number of benzene rings is 2. The number of ether oxygens (including phenoxy) is 1. The quantitative estimate of drug-likeness (QED) is 0.686. The molecular weight excluding hydrogens is 272 g/mol. The summed E-state index contributed by atoms with van der Waals surface area (Å²) in [5, 5.41) is 29.4. The van der Waals surface area contributed by atoms with Crippen molar-refractivity contribution >= 4 is 5.69 Å². The predicted octanol–water partition coefficient (Wildman–Crippen LogP) is 3.31. The summed E-state index contributed by atoms with van der Waals surface area (Å²) >= 11 is 0. The number of aliphatic hydroxyl groups excluding tert-OH is 1. The molecule has 2 rings (SSSR count). The van der Waals surface area contributed by atoms with Crippen LogP contribution < -0.4 is 4.74 Å². The standard InChI is InChI=1S/C15H12N2O4/c1-10(18)14-6-5-11(9-16)7-15(14)21-13-4-2-3-12(8-13)17(19)20/h2-8,10,18H,1H3/t10-/m1/s1. The second-order valence-electron chi connectivity index (χ2n) is 4.40. The van der Waals surface area contributed by atoms with Crippen molar-refractivity contribution in [3.8, 4) is 17.6 Å². The first-order valence-corrected chi connectivity index (χ1v) is 6.15. The summed E-state index contributed by atoms with van der Waals surface area (Å²) in [4.78, 5) is 10.2. The van der Waals surface area contributed by atoms with Gasteiger partial charge >= 0.3 is 0 Å². The van der Waals surface area contributed by atoms with Gasteiger partial charge < -0.3 is 9.84 Å². The summed E-state index contributed by atoms with van der Waals surface area (Å²) in [6.07, 6.45) is -0.786. The third kappa shape index (κ3) is 3.35. The minimum absolute atomic E-state index is 0.0949. The average Bonchev–Trinajstić information content (AvgIpc) is 2.47. The Hall–Kier alpha value is -2.91. The molecule has 6 heteroatoms. The van der Waals surface area contributed by atoms with E-state index >= 15 is 0 Å². The minimum atomic E-state index is -0.786. The minimum Gasteiger partial charge on any atom is -0.457 e. The SMILES string of the molecule is C[C@@H](O)c1ccc(C#N)cc1Oc1cccc([N+](=O)[O-])c1. The van der Waals surface area contributed by atoms with Crippen LogP contribution >= 0.6 is 0 Å². The molecule has 21 heavy (non-hydrogen) atoms. The number of nitrogens with zero attached hydrogens (tertiary/aromatic N) is 2. The van der Waals surface area contributed by atoms with E-state index in [0.717, 1.165) is 0 Å². The van der Waals surface area contributed by atoms with Crippen molar-refractivity contribution in [2.45, 2.75) is 13.0 Å². The van der Waals surface area contributed by atoms with Gasteiger partial charge in [-0.15, -0.1) is 0 Å². The van der Waals surface area contributed by atoms with Gasteiger partial charge in [-0.3, -0.25) is 10.1 Å². The topological polar surface area (TPSA) is 96.4 Å². The fourth-order valence-corrected chi connectivity index (χ4v) is 1.82. The third-order valence-corrected chi connectivity index (χ3v) is 2.85. The lowest BCUT2D eigenvalue weighted by Crippen LogP contribution is -1.97. The van der Waals surface area contributed by atoms with Crippen LogP contribution in [0.2, 0.25) is 0 Å². The molecule has 0 saturated carbocycles. The zero-order valence-corrected chi connectivity index (χ0v) is 11.2. The fraction of sp³-hybridized carbons (Fsp3) is 0.133. The van der Waals surface area contributed by atoms with Crippen LogP contribution in [0.5, 0.6) is 11.5 Å². The number of rotatable bonds is 4. The van der Waals surface area contributed by atoms with Gasteiger partial charge in [0.2, 0.25) is 0 Å². The van der Waals surface area contributed by atoms with Crippen LogP contribution in [0, 0.1) is 21.4 Å². The maximum absolute atomic E-state index is 10.7. The van der Waals surface area contributed by atoms with Crippen LogP contribution in [-0.2, 0) is 0 Å². The summed E-state index contributed by atoms with van der Waals surface area (Å²) in [6.45, 7) is 1.57. The summed E-state index contributed by atoms with van der Waals surface area (Å²) in [6, 6.07) is 12.3. The third-order valence-electron chi connectivity index (χ3n) is 2.85. The van der Waals surface area contributed by atoms with E-state index in [1.807, 2.05) is 6.07 Å². The van der Waals surface area contributed by atoms with Crippen LogP contribution in [0.15, 0.2) is 42.5 Å². The average molecular weight is 284 g/mol. The Labute approximate surface area is 121 Å². The zero-order chi connectivity index (χ0) is 15.4. The number of non-ortho nitro benzene ring substituents is 1. The maximum Gasteiger partial charge on any atom is 0.273 e. The molecule has 0 spiro atoms. The summed E-state index contributed by atoms with van der Waals surface area (Å²) in [7, 11) is 0. The number of hydrogen-bond acceptors (Lipinski definition) is 5. The second kappa shape index (κ2) is 6.03. The van der Waals surface area contributed by atoms with E-state index in [4.69, 9.17) is 10.00 Å². The Balaban J connectivity index is 2.40. The maximum atomic E-state index is 10.7. The Morgan fingerprint density at radius 2 is 2.10 bits per heavy atom. The molecule has 0 bridgehead atoms. The van der Waals surface area contributed by atoms with Crippen molar-refractivity contribution in [1.29, 1.82) is 5.26 Å². The molecule has 106 valence electrons. The highest BCUT2D eigenvalue weighted by Gasteiger charge is 2.13. The van der Waals surface area contributed by atoms with Crippen molar-refractivity contribution in [2.24, 2.45) is 0 Å². The van der Waals surface area contributed by atoms with E-state index < -0.39 is 11.0 Å². The second-order valence-corrected chi connectivity index (χ2v) is 4.40. The van der Waals surface area contributed by atoms with Crippen molar-refractivity contribution in [2.75, 3.05) is 0 Å². The number of nitro groups is 1. The van der Waals surface area contributed by atoms with Crippen LogP contribution in [0.25, 0.3) is 0 Å². The molecule has 0 aliphatic rings. The zero-order valence-electron chi connectivity index (χ0n) is 11.2. The van der Waals surface area contributed by atoms with Gasteiger partial charge in [0.25, 0.3) is 5.69 Å². The highest BCUT2D eigenvalue weighted by molar-refractivity contribution is 5.47. The highest BCUT2D eigenvalue weighted by atomic mass is 16.6. The van der Waals surface area contributed by atoms with E-state index in [1.165, 1.54) is 24.3 Å². The highest BCUT2D eigenvalue weighted by Crippen LogP contribution is 2.31. The predicted molar refractivity (Wildman–Crippen MR) is 75.0 cm³/mol. The Morgan fingerprint density at radius 3 is 2.71 bits per heavy atom. The molecule has 0 aliphatic carbocycles. The molecule has 0 aromatic heterocycles. The van der Waals surface area contributed by atoms with Gasteiger partial charge in [-0.05, 0) is 25.1 Å². The van der Waals surface area contributed by atoms with E-state index in [-0.39, 0.29) is 11.4 Å². The lowest BCUT2D eigenvalue weighted by Gasteiger charge is -2.13. The Morgan fingerprint density at radius 1 is 1.33 bits per heavy atom. The van der Waals surface area contributed by atoms with E-state index in [9.17, 15) is 15.2 Å². The van der Waals surface area contributed by atoms with Crippen LogP contribution in [0.1, 0.15) is 24.2 Å². The largest absolute Gasteiger partial charge is 0.457 e. The van der Waals surface area contributed by atoms with Gasteiger partial charge in [-0.25, -0.2) is 0 Å². The fourth-order valence-electron chi connectivity index (χ4n) is 1.82. The van der Waals surface area contributed by atoms with Crippen LogP contribution in [0.4, 0.5) is 5.69 Å². The first-order chi connectivity index (χ1) is 10.0. The Kier molecular flexibility index (Phi) is 4.16. The molecule has 0 radical (unpaired) electrons. The molecule has 1 atom stereocenters. The van der Waals surface area contributed by atoms with Gasteiger partial charge in [0.05, 0.1) is 28.7 Å². The molecule has 0 fully saturated rings. The molecule has 0 aliphatic heterocycles. The summed E-state index contributed by atoms with van der Waals surface area (Å²) < 4.78 is 5.59. The van der Waals surface area contributed by atoms with Gasteiger partial charge in [0, 0.05) is 11.6 Å². The molecule has 0 saturated heterocycles. The molecule has 0 heterocycles. The van der Waals surface area contributed by atoms with Gasteiger partial charge in [-0.1, -0.05) is 12.1 Å². The van der Waals surface area contributed by atoms with Gasteiger partial charge in [0.15, 0.2) is 0 Å². The van der Waals surface area contributed by atoms with Crippen molar-refractivity contribution in [3.05, 3.63) is 63.7 Å². The van der Waals surface area contributed by atoms with Crippen LogP contribution in [-0.4, -0.2) is 10.0 Å². The Bertz CT molecular complexity index is 720.